The predicted molar refractivity (Wildman–Crippen MR) is 121 cm³/mol. The van der Waals surface area contributed by atoms with Crippen LogP contribution in [0.25, 0.3) is 0 Å². The minimum atomic E-state index is -4.11. The maximum atomic E-state index is 13.2. The topological polar surface area (TPSA) is 156 Å². The predicted octanol–water partition coefficient (Wildman–Crippen LogP) is 1.91. The number of non-ortho nitro benzene ring substituents is 1. The van der Waals surface area contributed by atoms with Crippen LogP contribution in [0.2, 0.25) is 0 Å². The van der Waals surface area contributed by atoms with E-state index < -0.39 is 45.1 Å². The molecule has 0 saturated carbocycles. The molecule has 12 heteroatoms. The van der Waals surface area contributed by atoms with Gasteiger partial charge in [0.05, 0.1) is 15.9 Å². The first kappa shape index (κ1) is 25.3. The Hall–Kier alpha value is -3.35. The summed E-state index contributed by atoms with van der Waals surface area (Å²) in [4.78, 5) is 35.5. The molecule has 1 saturated heterocycles. The molecule has 3 rings (SSSR count). The van der Waals surface area contributed by atoms with Crippen LogP contribution in [0.3, 0.4) is 0 Å². The quantitative estimate of drug-likeness (QED) is 0.338. The van der Waals surface area contributed by atoms with Crippen LogP contribution < -0.4 is 5.32 Å². The summed E-state index contributed by atoms with van der Waals surface area (Å²) in [5.74, 6) is -1.73. The lowest BCUT2D eigenvalue weighted by molar-refractivity contribution is -0.384. The van der Waals surface area contributed by atoms with Crippen molar-refractivity contribution in [1.82, 2.24) is 4.31 Å². The van der Waals surface area contributed by atoms with Crippen LogP contribution in [-0.2, 0) is 24.3 Å². The average Bonchev–Trinajstić information content (AvgIpc) is 3.18. The van der Waals surface area contributed by atoms with Crippen molar-refractivity contribution in [2.45, 2.75) is 50.3 Å². The van der Waals surface area contributed by atoms with Crippen LogP contribution in [0, 0.1) is 24.0 Å². The van der Waals surface area contributed by atoms with Gasteiger partial charge in [0.15, 0.2) is 6.10 Å². The number of nitrogens with zero attached hydrogens (tertiary/aromatic N) is 2. The highest BCUT2D eigenvalue weighted by atomic mass is 32.2. The molecule has 11 nitrogen and oxygen atoms in total. The summed E-state index contributed by atoms with van der Waals surface area (Å²) in [6, 6.07) is 8.50. The second kappa shape index (κ2) is 9.87. The van der Waals surface area contributed by atoms with E-state index in [1.165, 1.54) is 37.3 Å². The lowest BCUT2D eigenvalue weighted by atomic mass is 10.1. The number of nitro groups is 1. The molecule has 2 aromatic rings. The van der Waals surface area contributed by atoms with Crippen molar-refractivity contribution in [3.8, 4) is 0 Å². The highest BCUT2D eigenvalue weighted by molar-refractivity contribution is 7.89. The molecule has 1 heterocycles. The number of carbonyl (C=O) groups is 2. The van der Waals surface area contributed by atoms with Crippen molar-refractivity contribution in [2.75, 3.05) is 11.9 Å². The molecular weight excluding hydrogens is 466 g/mol. The lowest BCUT2D eigenvalue weighted by Crippen LogP contribution is -2.43. The molecule has 2 N–H and O–H groups in total. The van der Waals surface area contributed by atoms with Gasteiger partial charge in [-0.25, -0.2) is 8.42 Å². The number of aliphatic hydroxyl groups is 1. The van der Waals surface area contributed by atoms with Gasteiger partial charge in [-0.2, -0.15) is 4.31 Å². The van der Waals surface area contributed by atoms with Gasteiger partial charge in [0.2, 0.25) is 10.0 Å². The van der Waals surface area contributed by atoms with E-state index in [4.69, 9.17) is 4.74 Å². The SMILES string of the molecule is Cc1ccc(S(=O)(=O)N2CC(O)C[C@H]2C(=O)OC(C)C(=O)Nc2cccc([N+](=O)[O-])c2)cc1C. The Bertz CT molecular complexity index is 1230. The Labute approximate surface area is 196 Å². The molecule has 0 spiro atoms. The molecule has 0 aromatic heterocycles. The molecule has 1 amide bonds. The van der Waals surface area contributed by atoms with E-state index in [9.17, 15) is 33.2 Å². The van der Waals surface area contributed by atoms with E-state index in [2.05, 4.69) is 5.32 Å². The van der Waals surface area contributed by atoms with Gasteiger partial charge in [-0.15, -0.1) is 0 Å². The van der Waals surface area contributed by atoms with Gasteiger partial charge in [-0.3, -0.25) is 19.7 Å². The third-order valence-corrected chi connectivity index (χ3v) is 7.45. The standard InChI is InChI=1S/C22H25N3O8S/c1-13-7-8-19(9-14(13)2)34(31,32)24-12-18(26)11-20(24)22(28)33-15(3)21(27)23-16-5-4-6-17(10-16)25(29)30/h4-10,15,18,20,26H,11-12H2,1-3H3,(H,23,27)/t15?,18?,20-/m0/s1. The molecule has 1 aliphatic heterocycles. The molecule has 182 valence electrons. The number of aryl methyl sites for hydroxylation is 2. The Kier molecular flexibility index (Phi) is 7.34. The van der Waals surface area contributed by atoms with Crippen LogP contribution in [0.1, 0.15) is 24.5 Å². The van der Waals surface area contributed by atoms with Crippen LogP contribution in [-0.4, -0.2) is 59.4 Å². The second-order valence-electron chi connectivity index (χ2n) is 8.10. The van der Waals surface area contributed by atoms with Crippen LogP contribution in [0.5, 0.6) is 0 Å². The summed E-state index contributed by atoms with van der Waals surface area (Å²) in [6.07, 6.45) is -2.58. The van der Waals surface area contributed by atoms with Crippen molar-refractivity contribution in [1.29, 1.82) is 0 Å². The summed E-state index contributed by atoms with van der Waals surface area (Å²) in [5.41, 5.74) is 1.57. The molecule has 0 bridgehead atoms. The molecule has 2 unspecified atom stereocenters. The van der Waals surface area contributed by atoms with Gasteiger partial charge in [0.1, 0.15) is 6.04 Å². The number of esters is 1. The van der Waals surface area contributed by atoms with E-state index in [-0.39, 0.29) is 29.2 Å². The Morgan fingerprint density at radius 1 is 1.21 bits per heavy atom. The molecule has 0 radical (unpaired) electrons. The molecular formula is C22H25N3O8S. The van der Waals surface area contributed by atoms with Crippen molar-refractivity contribution >= 4 is 33.3 Å². The first-order valence-electron chi connectivity index (χ1n) is 10.4. The fourth-order valence-corrected chi connectivity index (χ4v) is 5.23. The number of aliphatic hydroxyl groups excluding tert-OH is 1. The number of benzene rings is 2. The number of nitrogens with one attached hydrogen (secondary N) is 1. The van der Waals surface area contributed by atoms with Gasteiger partial charge < -0.3 is 15.2 Å². The number of ether oxygens (including phenoxy) is 1. The van der Waals surface area contributed by atoms with Gasteiger partial charge in [-0.05, 0) is 50.1 Å². The third-order valence-electron chi connectivity index (χ3n) is 5.58. The van der Waals surface area contributed by atoms with E-state index in [1.807, 2.05) is 6.92 Å². The second-order valence-corrected chi connectivity index (χ2v) is 9.99. The minimum absolute atomic E-state index is 0.0148. The fraction of sp³-hybridized carbons (Fsp3) is 0.364. The van der Waals surface area contributed by atoms with Crippen molar-refractivity contribution in [3.63, 3.8) is 0 Å². The number of amides is 1. The van der Waals surface area contributed by atoms with E-state index in [0.29, 0.717) is 0 Å². The average molecular weight is 492 g/mol. The van der Waals surface area contributed by atoms with Gasteiger partial charge >= 0.3 is 5.97 Å². The molecule has 1 fully saturated rings. The number of hydrogen-bond acceptors (Lipinski definition) is 8. The molecule has 1 aliphatic rings. The van der Waals surface area contributed by atoms with Crippen LogP contribution >= 0.6 is 0 Å². The van der Waals surface area contributed by atoms with Crippen LogP contribution in [0.4, 0.5) is 11.4 Å². The first-order valence-corrected chi connectivity index (χ1v) is 11.9. The number of hydrogen-bond donors (Lipinski definition) is 2. The fourth-order valence-electron chi connectivity index (χ4n) is 3.52. The first-order chi connectivity index (χ1) is 15.9. The zero-order valence-electron chi connectivity index (χ0n) is 18.8. The monoisotopic (exact) mass is 491 g/mol. The largest absolute Gasteiger partial charge is 0.451 e. The summed E-state index contributed by atoms with van der Waals surface area (Å²) < 4.78 is 32.4. The number of nitro benzene ring substituents is 1. The summed E-state index contributed by atoms with van der Waals surface area (Å²) in [6.45, 7) is 4.60. The number of rotatable bonds is 7. The van der Waals surface area contributed by atoms with E-state index in [0.717, 1.165) is 21.5 Å². The van der Waals surface area contributed by atoms with Crippen molar-refractivity contribution < 1.29 is 32.8 Å². The number of carbonyl (C=O) groups excluding carboxylic acids is 2. The number of anilines is 1. The Balaban J connectivity index is 1.73. The normalized spacial score (nSPS) is 19.4. The maximum absolute atomic E-state index is 13.2. The van der Waals surface area contributed by atoms with E-state index >= 15 is 0 Å². The number of sulfonamides is 1. The molecule has 2 aromatic carbocycles. The Morgan fingerprint density at radius 3 is 2.56 bits per heavy atom. The number of β-amino-alcohol motifs (C(OH)–C–C–N with tert-alkyl or cyclic N) is 1. The van der Waals surface area contributed by atoms with Crippen molar-refractivity contribution in [2.24, 2.45) is 0 Å². The zero-order valence-corrected chi connectivity index (χ0v) is 19.6. The van der Waals surface area contributed by atoms with Gasteiger partial charge in [0.25, 0.3) is 11.6 Å². The highest BCUT2D eigenvalue weighted by Gasteiger charge is 2.45. The highest BCUT2D eigenvalue weighted by Crippen LogP contribution is 2.28. The third kappa shape index (κ3) is 5.41. The Morgan fingerprint density at radius 2 is 1.91 bits per heavy atom. The summed E-state index contributed by atoms with van der Waals surface area (Å²) in [7, 11) is -4.11. The summed E-state index contributed by atoms with van der Waals surface area (Å²) >= 11 is 0. The smallest absolute Gasteiger partial charge is 0.325 e. The zero-order chi connectivity index (χ0) is 25.2. The maximum Gasteiger partial charge on any atom is 0.325 e. The van der Waals surface area contributed by atoms with Crippen molar-refractivity contribution in [3.05, 3.63) is 63.7 Å². The molecule has 3 atom stereocenters. The minimum Gasteiger partial charge on any atom is -0.451 e. The lowest BCUT2D eigenvalue weighted by Gasteiger charge is -2.24. The summed E-state index contributed by atoms with van der Waals surface area (Å²) in [5, 5.41) is 23.4. The van der Waals surface area contributed by atoms with Gasteiger partial charge in [-0.1, -0.05) is 12.1 Å². The molecule has 34 heavy (non-hydrogen) atoms. The van der Waals surface area contributed by atoms with Crippen LogP contribution in [0.15, 0.2) is 47.4 Å². The van der Waals surface area contributed by atoms with Gasteiger partial charge in [0, 0.05) is 30.8 Å². The molecule has 0 aliphatic carbocycles. The van der Waals surface area contributed by atoms with E-state index in [1.54, 1.807) is 13.0 Å².